The molecule has 9 heteroatoms. The van der Waals surface area contributed by atoms with Gasteiger partial charge in [-0.15, -0.1) is 0 Å². The van der Waals surface area contributed by atoms with Crippen molar-refractivity contribution in [3.63, 3.8) is 0 Å². The molecule has 1 fully saturated rings. The Labute approximate surface area is 132 Å². The maximum absolute atomic E-state index is 12.6. The summed E-state index contributed by atoms with van der Waals surface area (Å²) in [5.74, 6) is -0.515. The maximum Gasteiger partial charge on any atom is 0.272 e. The second kappa shape index (κ2) is 5.14. The maximum atomic E-state index is 12.6. The molecule has 4 heterocycles. The van der Waals surface area contributed by atoms with Crippen molar-refractivity contribution in [2.24, 2.45) is 0 Å². The van der Waals surface area contributed by atoms with Crippen molar-refractivity contribution in [1.82, 2.24) is 20.1 Å². The van der Waals surface area contributed by atoms with Crippen LogP contribution in [-0.2, 0) is 20.3 Å². The van der Waals surface area contributed by atoms with Gasteiger partial charge in [0.05, 0.1) is 19.0 Å². The molecule has 8 nitrogen and oxygen atoms in total. The minimum atomic E-state index is -3.58. The van der Waals surface area contributed by atoms with Gasteiger partial charge in [-0.1, -0.05) is 0 Å². The molecule has 1 saturated heterocycles. The van der Waals surface area contributed by atoms with E-state index in [4.69, 9.17) is 4.74 Å². The molecule has 2 aliphatic heterocycles. The molecular weight excluding hydrogens is 320 g/mol. The van der Waals surface area contributed by atoms with Crippen molar-refractivity contribution in [2.75, 3.05) is 26.3 Å². The van der Waals surface area contributed by atoms with Crippen LogP contribution in [0.2, 0.25) is 0 Å². The number of H-pyrrole nitrogens is 1. The molecule has 0 aliphatic carbocycles. The number of carbonyl (C=O) groups excluding carboxylic acids is 1. The number of hydrogen-bond donors (Lipinski definition) is 1. The van der Waals surface area contributed by atoms with Crippen molar-refractivity contribution >= 4 is 15.7 Å². The van der Waals surface area contributed by atoms with Gasteiger partial charge >= 0.3 is 0 Å². The Bertz CT molecular complexity index is 884. The van der Waals surface area contributed by atoms with Gasteiger partial charge in [0.25, 0.3) is 5.91 Å². The molecule has 2 aromatic rings. The molecule has 0 bridgehead atoms. The van der Waals surface area contributed by atoms with Gasteiger partial charge in [-0.05, 0) is 12.1 Å². The van der Waals surface area contributed by atoms with Gasteiger partial charge in [-0.3, -0.25) is 9.89 Å². The Morgan fingerprint density at radius 3 is 2.87 bits per heavy atom. The van der Waals surface area contributed by atoms with Crippen LogP contribution in [-0.4, -0.2) is 60.7 Å². The van der Waals surface area contributed by atoms with Crippen molar-refractivity contribution < 1.29 is 17.9 Å². The Morgan fingerprint density at radius 2 is 2.09 bits per heavy atom. The standard InChI is InChI=1S/C14H14N4O4S/c19-14(18-4-6-22-7-5-18)12-10-8-23(20,21)13-9(2-1-3-15-13)11(10)16-17-12/h1-3H,4-8H2,(H,16,17). The molecule has 120 valence electrons. The predicted molar refractivity (Wildman–Crippen MR) is 79.4 cm³/mol. The van der Waals surface area contributed by atoms with Crippen LogP contribution >= 0.6 is 0 Å². The molecule has 0 radical (unpaired) electrons. The van der Waals surface area contributed by atoms with Crippen molar-refractivity contribution in [2.45, 2.75) is 10.8 Å². The average Bonchev–Trinajstić information content (AvgIpc) is 2.98. The van der Waals surface area contributed by atoms with Crippen LogP contribution in [0.25, 0.3) is 11.3 Å². The quantitative estimate of drug-likeness (QED) is 0.800. The van der Waals surface area contributed by atoms with Gasteiger partial charge in [0.2, 0.25) is 9.84 Å². The average molecular weight is 334 g/mol. The Hall–Kier alpha value is -2.26. The summed E-state index contributed by atoms with van der Waals surface area (Å²) in [7, 11) is -3.58. The van der Waals surface area contributed by atoms with Crippen LogP contribution in [0.15, 0.2) is 23.4 Å². The highest BCUT2D eigenvalue weighted by molar-refractivity contribution is 7.90. The first kappa shape index (κ1) is 14.3. The van der Waals surface area contributed by atoms with E-state index >= 15 is 0 Å². The third-order valence-electron chi connectivity index (χ3n) is 4.03. The number of rotatable bonds is 1. The topological polar surface area (TPSA) is 105 Å². The number of morpholine rings is 1. The molecular formula is C14H14N4O4S. The minimum absolute atomic E-state index is 0.0179. The van der Waals surface area contributed by atoms with E-state index in [1.807, 2.05) is 0 Å². The van der Waals surface area contributed by atoms with Crippen LogP contribution in [0, 0.1) is 0 Å². The van der Waals surface area contributed by atoms with Gasteiger partial charge in [0.1, 0.15) is 11.4 Å². The van der Waals surface area contributed by atoms with Crippen LogP contribution in [0.5, 0.6) is 0 Å². The van der Waals surface area contributed by atoms with E-state index in [9.17, 15) is 13.2 Å². The van der Waals surface area contributed by atoms with Crippen molar-refractivity contribution in [3.8, 4) is 11.3 Å². The van der Waals surface area contributed by atoms with Crippen LogP contribution < -0.4 is 0 Å². The predicted octanol–water partition coefficient (Wildman–Crippen LogP) is 0.231. The number of carbonyl (C=O) groups is 1. The van der Waals surface area contributed by atoms with E-state index in [2.05, 4.69) is 15.2 Å². The first-order valence-corrected chi connectivity index (χ1v) is 8.85. The number of pyridine rings is 1. The lowest BCUT2D eigenvalue weighted by molar-refractivity contribution is 0.0298. The van der Waals surface area contributed by atoms with Gasteiger partial charge < -0.3 is 9.64 Å². The Morgan fingerprint density at radius 1 is 1.30 bits per heavy atom. The van der Waals surface area contributed by atoms with E-state index in [-0.39, 0.29) is 22.4 Å². The summed E-state index contributed by atoms with van der Waals surface area (Å²) in [4.78, 5) is 18.2. The molecule has 0 atom stereocenters. The highest BCUT2D eigenvalue weighted by Crippen LogP contribution is 2.36. The molecule has 0 unspecified atom stereocenters. The van der Waals surface area contributed by atoms with Crippen molar-refractivity contribution in [1.29, 1.82) is 0 Å². The van der Waals surface area contributed by atoms with E-state index in [0.717, 1.165) is 0 Å². The summed E-state index contributed by atoms with van der Waals surface area (Å²) < 4.78 is 30.1. The lowest BCUT2D eigenvalue weighted by Gasteiger charge is -2.26. The number of ether oxygens (including phenoxy) is 1. The number of hydrogen-bond acceptors (Lipinski definition) is 6. The fourth-order valence-electron chi connectivity index (χ4n) is 2.91. The molecule has 2 aromatic heterocycles. The lowest BCUT2D eigenvalue weighted by Crippen LogP contribution is -2.41. The van der Waals surface area contributed by atoms with Gasteiger partial charge in [-0.25, -0.2) is 13.4 Å². The number of sulfone groups is 1. The molecule has 0 saturated carbocycles. The molecule has 2 aliphatic rings. The smallest absolute Gasteiger partial charge is 0.272 e. The van der Waals surface area contributed by atoms with Crippen molar-refractivity contribution in [3.05, 3.63) is 29.6 Å². The van der Waals surface area contributed by atoms with Crippen LogP contribution in [0.1, 0.15) is 16.1 Å². The molecule has 23 heavy (non-hydrogen) atoms. The van der Waals surface area contributed by atoms with E-state index in [0.29, 0.717) is 43.1 Å². The zero-order valence-electron chi connectivity index (χ0n) is 12.2. The Balaban J connectivity index is 1.81. The van der Waals surface area contributed by atoms with E-state index in [1.54, 1.807) is 17.0 Å². The zero-order chi connectivity index (χ0) is 16.0. The normalized spacial score (nSPS) is 19.0. The fraction of sp³-hybridized carbons (Fsp3) is 0.357. The summed E-state index contributed by atoms with van der Waals surface area (Å²) in [5, 5.41) is 6.91. The largest absolute Gasteiger partial charge is 0.378 e. The summed E-state index contributed by atoms with van der Waals surface area (Å²) in [6.45, 7) is 1.93. The number of aromatic amines is 1. The van der Waals surface area contributed by atoms with Gasteiger partial charge in [-0.2, -0.15) is 5.10 Å². The third-order valence-corrected chi connectivity index (χ3v) is 5.62. The number of aromatic nitrogens is 3. The first-order valence-electron chi connectivity index (χ1n) is 7.20. The highest BCUT2D eigenvalue weighted by atomic mass is 32.2. The zero-order valence-corrected chi connectivity index (χ0v) is 13.0. The summed E-state index contributed by atoms with van der Waals surface area (Å²) >= 11 is 0. The molecule has 1 amide bonds. The van der Waals surface area contributed by atoms with Gasteiger partial charge in [0.15, 0.2) is 5.03 Å². The molecule has 4 rings (SSSR count). The van der Waals surface area contributed by atoms with E-state index in [1.165, 1.54) is 6.20 Å². The highest BCUT2D eigenvalue weighted by Gasteiger charge is 2.35. The lowest BCUT2D eigenvalue weighted by atomic mass is 10.1. The third kappa shape index (κ3) is 2.23. The summed E-state index contributed by atoms with van der Waals surface area (Å²) in [5.41, 5.74) is 1.58. The Kier molecular flexibility index (Phi) is 3.20. The number of nitrogens with zero attached hydrogens (tertiary/aromatic N) is 3. The number of fused-ring (bicyclic) bond motifs is 3. The SMILES string of the molecule is O=C(c1[nH]nc2c1CS(=O)(=O)c1ncccc1-2)N1CCOCC1. The number of nitrogens with one attached hydrogen (secondary N) is 1. The molecule has 1 N–H and O–H groups in total. The minimum Gasteiger partial charge on any atom is -0.378 e. The first-order chi connectivity index (χ1) is 11.1. The van der Waals surface area contributed by atoms with Gasteiger partial charge in [0, 0.05) is 30.4 Å². The fourth-order valence-corrected chi connectivity index (χ4v) is 4.43. The summed E-state index contributed by atoms with van der Waals surface area (Å²) in [6.07, 6.45) is 1.44. The van der Waals surface area contributed by atoms with Crippen LogP contribution in [0.3, 0.4) is 0 Å². The second-order valence-corrected chi connectivity index (χ2v) is 7.35. The second-order valence-electron chi connectivity index (χ2n) is 5.45. The summed E-state index contributed by atoms with van der Waals surface area (Å²) in [6, 6.07) is 3.31. The molecule has 0 aromatic carbocycles. The van der Waals surface area contributed by atoms with Crippen LogP contribution in [0.4, 0.5) is 0 Å². The number of amides is 1. The van der Waals surface area contributed by atoms with E-state index < -0.39 is 9.84 Å². The molecule has 0 spiro atoms. The monoisotopic (exact) mass is 334 g/mol.